The number of carbonyl (C=O) groups is 1. The third kappa shape index (κ3) is 2.94. The van der Waals surface area contributed by atoms with E-state index in [1.54, 1.807) is 11.0 Å². The van der Waals surface area contributed by atoms with E-state index in [0.29, 0.717) is 12.0 Å². The molecule has 24 heavy (non-hydrogen) atoms. The van der Waals surface area contributed by atoms with E-state index in [0.717, 1.165) is 50.1 Å². The summed E-state index contributed by atoms with van der Waals surface area (Å²) in [5.74, 6) is 0.145. The summed E-state index contributed by atoms with van der Waals surface area (Å²) in [7, 11) is 0. The first-order chi connectivity index (χ1) is 11.8. The average Bonchev–Trinajstić information content (AvgIpc) is 3.28. The van der Waals surface area contributed by atoms with Gasteiger partial charge in [0.15, 0.2) is 0 Å². The molecule has 2 aromatic rings. The Hall–Kier alpha value is -2.21. The molecule has 0 unspecified atom stereocenters. The lowest BCUT2D eigenvalue weighted by atomic mass is 9.77. The lowest BCUT2D eigenvalue weighted by Crippen LogP contribution is -2.44. The van der Waals surface area contributed by atoms with Gasteiger partial charge in [-0.3, -0.25) is 4.79 Å². The summed E-state index contributed by atoms with van der Waals surface area (Å²) in [6, 6.07) is 7.83. The molecule has 1 N–H and O–H groups in total. The number of nitrogens with one attached hydrogen (secondary N) is 1. The number of amides is 1. The highest BCUT2D eigenvalue weighted by molar-refractivity contribution is 5.95. The van der Waals surface area contributed by atoms with E-state index in [-0.39, 0.29) is 5.91 Å². The highest BCUT2D eigenvalue weighted by Gasteiger charge is 2.38. The van der Waals surface area contributed by atoms with Crippen molar-refractivity contribution in [1.82, 2.24) is 25.0 Å². The van der Waals surface area contributed by atoms with Gasteiger partial charge in [0, 0.05) is 25.2 Å². The molecule has 2 fully saturated rings. The molecule has 3 heterocycles. The molecule has 0 saturated carbocycles. The van der Waals surface area contributed by atoms with Gasteiger partial charge in [0.2, 0.25) is 0 Å². The minimum atomic E-state index is 0.145. The summed E-state index contributed by atoms with van der Waals surface area (Å²) in [6.45, 7) is 4.52. The maximum atomic E-state index is 13.0. The molecule has 2 aliphatic heterocycles. The van der Waals surface area contributed by atoms with Crippen molar-refractivity contribution in [3.63, 3.8) is 0 Å². The summed E-state index contributed by atoms with van der Waals surface area (Å²) in [5.41, 5.74) is 2.21. The molecule has 1 aromatic carbocycles. The molecule has 2 saturated heterocycles. The van der Waals surface area contributed by atoms with Gasteiger partial charge in [-0.1, -0.05) is 18.2 Å². The lowest BCUT2D eigenvalue weighted by molar-refractivity contribution is 0.0606. The van der Waals surface area contributed by atoms with Crippen molar-refractivity contribution < 1.29 is 4.79 Å². The Morgan fingerprint density at radius 3 is 2.75 bits per heavy atom. The molecule has 1 amide bonds. The van der Waals surface area contributed by atoms with E-state index in [9.17, 15) is 4.79 Å². The second-order valence-electron chi connectivity index (χ2n) is 6.97. The Labute approximate surface area is 141 Å². The van der Waals surface area contributed by atoms with Crippen LogP contribution in [0, 0.1) is 5.41 Å². The third-order valence-corrected chi connectivity index (χ3v) is 5.49. The zero-order valence-corrected chi connectivity index (χ0v) is 13.8. The SMILES string of the molecule is O=C(c1ccccc1Cn1cncn1)N1CCC2(CCNC2)CC1. The van der Waals surface area contributed by atoms with Crippen molar-refractivity contribution in [2.45, 2.75) is 25.8 Å². The molecule has 0 atom stereocenters. The second-order valence-corrected chi connectivity index (χ2v) is 6.97. The van der Waals surface area contributed by atoms with Crippen LogP contribution in [0.5, 0.6) is 0 Å². The zero-order valence-electron chi connectivity index (χ0n) is 13.8. The number of hydrogen-bond acceptors (Lipinski definition) is 4. The molecule has 2 aliphatic rings. The molecular weight excluding hydrogens is 302 g/mol. The van der Waals surface area contributed by atoms with Gasteiger partial charge in [0.05, 0.1) is 6.54 Å². The molecule has 126 valence electrons. The van der Waals surface area contributed by atoms with E-state index in [1.807, 2.05) is 29.2 Å². The Bertz CT molecular complexity index is 696. The van der Waals surface area contributed by atoms with Crippen LogP contribution in [0.15, 0.2) is 36.9 Å². The van der Waals surface area contributed by atoms with Crippen LogP contribution in [0.25, 0.3) is 0 Å². The first-order valence-corrected chi connectivity index (χ1v) is 8.66. The second kappa shape index (κ2) is 6.36. The Morgan fingerprint density at radius 1 is 1.21 bits per heavy atom. The average molecular weight is 325 g/mol. The number of rotatable bonds is 3. The van der Waals surface area contributed by atoms with E-state index < -0.39 is 0 Å². The van der Waals surface area contributed by atoms with Crippen LogP contribution in [0.1, 0.15) is 35.2 Å². The molecule has 4 rings (SSSR count). The van der Waals surface area contributed by atoms with Crippen LogP contribution in [-0.4, -0.2) is 51.8 Å². The van der Waals surface area contributed by atoms with Gasteiger partial charge < -0.3 is 10.2 Å². The first kappa shape index (κ1) is 15.3. The molecule has 1 spiro atoms. The summed E-state index contributed by atoms with van der Waals surface area (Å²) < 4.78 is 1.75. The van der Waals surface area contributed by atoms with Gasteiger partial charge in [0.25, 0.3) is 5.91 Å². The van der Waals surface area contributed by atoms with Crippen molar-refractivity contribution in [1.29, 1.82) is 0 Å². The van der Waals surface area contributed by atoms with Crippen LogP contribution in [0.4, 0.5) is 0 Å². The summed E-state index contributed by atoms with van der Waals surface area (Å²) in [4.78, 5) is 19.0. The van der Waals surface area contributed by atoms with Crippen molar-refractivity contribution in [2.75, 3.05) is 26.2 Å². The van der Waals surface area contributed by atoms with Gasteiger partial charge in [-0.2, -0.15) is 5.10 Å². The Kier molecular flexibility index (Phi) is 4.06. The van der Waals surface area contributed by atoms with Crippen molar-refractivity contribution >= 4 is 5.91 Å². The van der Waals surface area contributed by atoms with Crippen molar-refractivity contribution in [3.05, 3.63) is 48.0 Å². The van der Waals surface area contributed by atoms with Gasteiger partial charge in [0.1, 0.15) is 12.7 Å². The van der Waals surface area contributed by atoms with Crippen molar-refractivity contribution in [2.24, 2.45) is 5.41 Å². The van der Waals surface area contributed by atoms with Gasteiger partial charge in [-0.15, -0.1) is 0 Å². The van der Waals surface area contributed by atoms with Gasteiger partial charge >= 0.3 is 0 Å². The number of aromatic nitrogens is 3. The topological polar surface area (TPSA) is 63.1 Å². The number of hydrogen-bond donors (Lipinski definition) is 1. The number of piperidine rings is 1. The summed E-state index contributed by atoms with van der Waals surface area (Å²) in [6.07, 6.45) is 6.66. The van der Waals surface area contributed by atoms with E-state index in [2.05, 4.69) is 15.4 Å². The first-order valence-electron chi connectivity index (χ1n) is 8.66. The van der Waals surface area contributed by atoms with Gasteiger partial charge in [-0.25, -0.2) is 9.67 Å². The largest absolute Gasteiger partial charge is 0.339 e. The Morgan fingerprint density at radius 2 is 2.04 bits per heavy atom. The number of nitrogens with zero attached hydrogens (tertiary/aromatic N) is 4. The molecule has 6 nitrogen and oxygen atoms in total. The number of carbonyl (C=O) groups excluding carboxylic acids is 1. The molecular formula is C18H23N5O. The molecule has 0 radical (unpaired) electrons. The van der Waals surface area contributed by atoms with Crippen LogP contribution in [-0.2, 0) is 6.54 Å². The fourth-order valence-electron chi connectivity index (χ4n) is 3.93. The van der Waals surface area contributed by atoms with Crippen LogP contribution >= 0.6 is 0 Å². The fraction of sp³-hybridized carbons (Fsp3) is 0.500. The molecule has 0 aliphatic carbocycles. The minimum Gasteiger partial charge on any atom is -0.339 e. The monoisotopic (exact) mass is 325 g/mol. The zero-order chi connectivity index (χ0) is 16.4. The summed E-state index contributed by atoms with van der Waals surface area (Å²) >= 11 is 0. The highest BCUT2D eigenvalue weighted by atomic mass is 16.2. The normalized spacial score (nSPS) is 19.8. The van der Waals surface area contributed by atoms with E-state index >= 15 is 0 Å². The van der Waals surface area contributed by atoms with Crippen LogP contribution in [0.3, 0.4) is 0 Å². The smallest absolute Gasteiger partial charge is 0.254 e. The van der Waals surface area contributed by atoms with Gasteiger partial charge in [-0.05, 0) is 42.9 Å². The maximum Gasteiger partial charge on any atom is 0.254 e. The van der Waals surface area contributed by atoms with Crippen LogP contribution in [0.2, 0.25) is 0 Å². The lowest BCUT2D eigenvalue weighted by Gasteiger charge is -2.39. The quantitative estimate of drug-likeness (QED) is 0.930. The maximum absolute atomic E-state index is 13.0. The van der Waals surface area contributed by atoms with Crippen LogP contribution < -0.4 is 5.32 Å². The van der Waals surface area contributed by atoms with E-state index in [1.165, 1.54) is 12.7 Å². The summed E-state index contributed by atoms with van der Waals surface area (Å²) in [5, 5.41) is 7.62. The molecule has 1 aromatic heterocycles. The highest BCUT2D eigenvalue weighted by Crippen LogP contribution is 2.37. The standard InChI is InChI=1S/C18H23N5O/c24-17(22-9-6-18(7-10-22)5-8-19-12-18)16-4-2-1-3-15(16)11-23-14-20-13-21-23/h1-4,13-14,19H,5-12H2. The number of benzene rings is 1. The van der Waals surface area contributed by atoms with Crippen molar-refractivity contribution in [3.8, 4) is 0 Å². The fourth-order valence-corrected chi connectivity index (χ4v) is 3.93. The van der Waals surface area contributed by atoms with E-state index in [4.69, 9.17) is 0 Å². The Balaban J connectivity index is 1.48. The molecule has 0 bridgehead atoms. The predicted molar refractivity (Wildman–Crippen MR) is 90.6 cm³/mol. The third-order valence-electron chi connectivity index (χ3n) is 5.49. The number of likely N-dealkylation sites (tertiary alicyclic amines) is 1. The molecule has 6 heteroatoms. The predicted octanol–water partition coefficient (Wildman–Crippen LogP) is 1.54. The minimum absolute atomic E-state index is 0.145.